The van der Waals surface area contributed by atoms with Gasteiger partial charge in [0.1, 0.15) is 11.9 Å². The second-order valence-electron chi connectivity index (χ2n) is 3.90. The predicted molar refractivity (Wildman–Crippen MR) is 76.1 cm³/mol. The molecule has 0 bridgehead atoms. The molecule has 1 unspecified atom stereocenters. The molecule has 0 aliphatic carbocycles. The van der Waals surface area contributed by atoms with E-state index in [0.717, 1.165) is 22.0 Å². The molecule has 0 saturated heterocycles. The first-order valence-electron chi connectivity index (χ1n) is 5.64. The van der Waals surface area contributed by atoms with Gasteiger partial charge in [-0.2, -0.15) is 0 Å². The number of ketones is 1. The maximum Gasteiger partial charge on any atom is 0.162 e. The minimum Gasteiger partial charge on any atom is -0.383 e. The molecular formula is C13H17BrN2O2. The number of nitrogens with zero attached hydrogens (tertiary/aromatic N) is 1. The van der Waals surface area contributed by atoms with Crippen molar-refractivity contribution in [2.75, 3.05) is 12.8 Å². The number of pyridine rings is 1. The summed E-state index contributed by atoms with van der Waals surface area (Å²) in [6.07, 6.45) is 3.64. The Morgan fingerprint density at radius 3 is 2.83 bits per heavy atom. The molecule has 0 aliphatic heterocycles. The number of halogens is 1. The van der Waals surface area contributed by atoms with Crippen LogP contribution in [0.5, 0.6) is 0 Å². The third kappa shape index (κ3) is 3.65. The van der Waals surface area contributed by atoms with E-state index >= 15 is 0 Å². The summed E-state index contributed by atoms with van der Waals surface area (Å²) >= 11 is 3.36. The Hall–Kier alpha value is -1.20. The van der Waals surface area contributed by atoms with Crippen LogP contribution in [0.25, 0.3) is 5.57 Å². The average molecular weight is 313 g/mol. The second kappa shape index (κ2) is 6.66. The summed E-state index contributed by atoms with van der Waals surface area (Å²) in [5.74, 6) is 0.412. The molecule has 1 aromatic heterocycles. The number of hydrogen-bond donors (Lipinski definition) is 1. The molecule has 0 saturated carbocycles. The summed E-state index contributed by atoms with van der Waals surface area (Å²) in [7, 11) is 1.51. The second-order valence-corrected chi connectivity index (χ2v) is 4.81. The Balaban J connectivity index is 3.20. The Labute approximate surface area is 115 Å². The molecule has 0 spiro atoms. The molecule has 18 heavy (non-hydrogen) atoms. The van der Waals surface area contributed by atoms with Gasteiger partial charge in [0.25, 0.3) is 0 Å². The van der Waals surface area contributed by atoms with Crippen LogP contribution in [0.1, 0.15) is 25.8 Å². The van der Waals surface area contributed by atoms with Gasteiger partial charge in [-0.15, -0.1) is 0 Å². The lowest BCUT2D eigenvalue weighted by Crippen LogP contribution is -2.17. The molecule has 2 N–H and O–H groups in total. The Morgan fingerprint density at radius 1 is 1.67 bits per heavy atom. The number of nitrogen functional groups attached to an aromatic ring is 1. The fourth-order valence-corrected chi connectivity index (χ4v) is 1.97. The van der Waals surface area contributed by atoms with Crippen LogP contribution in [0.4, 0.5) is 5.82 Å². The van der Waals surface area contributed by atoms with Gasteiger partial charge in [-0.3, -0.25) is 4.79 Å². The summed E-state index contributed by atoms with van der Waals surface area (Å²) in [4.78, 5) is 15.5. The Bertz CT molecular complexity index is 472. The van der Waals surface area contributed by atoms with E-state index in [4.69, 9.17) is 10.5 Å². The number of anilines is 1. The van der Waals surface area contributed by atoms with E-state index in [2.05, 4.69) is 20.9 Å². The lowest BCUT2D eigenvalue weighted by Gasteiger charge is -2.12. The van der Waals surface area contributed by atoms with Crippen molar-refractivity contribution in [1.29, 1.82) is 0 Å². The number of nitrogens with two attached hydrogens (primary N) is 1. The molecule has 1 heterocycles. The highest BCUT2D eigenvalue weighted by Crippen LogP contribution is 2.26. The fourth-order valence-electron chi connectivity index (χ4n) is 1.64. The number of hydrogen-bond acceptors (Lipinski definition) is 4. The number of aromatic nitrogens is 1. The third-order valence-electron chi connectivity index (χ3n) is 2.62. The highest BCUT2D eigenvalue weighted by Gasteiger charge is 2.13. The lowest BCUT2D eigenvalue weighted by atomic mass is 10.0. The highest BCUT2D eigenvalue weighted by atomic mass is 79.9. The van der Waals surface area contributed by atoms with E-state index < -0.39 is 6.10 Å². The first kappa shape index (κ1) is 14.9. The number of ether oxygens (including phenoxy) is 1. The van der Waals surface area contributed by atoms with Gasteiger partial charge in [0, 0.05) is 23.3 Å². The summed E-state index contributed by atoms with van der Waals surface area (Å²) in [6.45, 7) is 3.50. The van der Waals surface area contributed by atoms with Gasteiger partial charge in [0.2, 0.25) is 0 Å². The zero-order valence-corrected chi connectivity index (χ0v) is 12.3. The van der Waals surface area contributed by atoms with Crippen LogP contribution in [0.3, 0.4) is 0 Å². The van der Waals surface area contributed by atoms with E-state index in [-0.39, 0.29) is 5.78 Å². The number of carbonyl (C=O) groups is 1. The molecule has 0 amide bonds. The summed E-state index contributed by atoms with van der Waals surface area (Å²) in [5, 5.41) is 0. The van der Waals surface area contributed by atoms with E-state index in [1.54, 1.807) is 12.3 Å². The molecule has 5 heteroatoms. The summed E-state index contributed by atoms with van der Waals surface area (Å²) in [6, 6.07) is 1.89. The number of allylic oxidation sites excluding steroid dienone is 1. The fraction of sp³-hybridized carbons (Fsp3) is 0.385. The normalized spacial score (nSPS) is 13.4. The van der Waals surface area contributed by atoms with Crippen molar-refractivity contribution in [3.63, 3.8) is 0 Å². The van der Waals surface area contributed by atoms with Gasteiger partial charge >= 0.3 is 0 Å². The van der Waals surface area contributed by atoms with E-state index in [1.807, 2.05) is 13.0 Å². The van der Waals surface area contributed by atoms with Crippen LogP contribution >= 0.6 is 15.9 Å². The van der Waals surface area contributed by atoms with Crippen molar-refractivity contribution >= 4 is 33.1 Å². The highest BCUT2D eigenvalue weighted by molar-refractivity contribution is 9.10. The minimum atomic E-state index is -0.543. The summed E-state index contributed by atoms with van der Waals surface area (Å²) < 4.78 is 5.99. The van der Waals surface area contributed by atoms with Gasteiger partial charge < -0.3 is 10.5 Å². The topological polar surface area (TPSA) is 65.2 Å². The molecule has 0 radical (unpaired) electrons. The maximum atomic E-state index is 11.4. The van der Waals surface area contributed by atoms with Crippen LogP contribution in [0, 0.1) is 0 Å². The van der Waals surface area contributed by atoms with Gasteiger partial charge in [0.15, 0.2) is 5.78 Å². The SMILES string of the molecule is CC/C(=C\C(OC)C(C)=O)c1cc(Br)cnc1N. The van der Waals surface area contributed by atoms with E-state index in [9.17, 15) is 4.79 Å². The number of methoxy groups -OCH3 is 1. The largest absolute Gasteiger partial charge is 0.383 e. The third-order valence-corrected chi connectivity index (χ3v) is 3.05. The number of carbonyl (C=O) groups excluding carboxylic acids is 1. The number of rotatable bonds is 5. The first-order valence-corrected chi connectivity index (χ1v) is 6.44. The molecule has 0 aromatic carbocycles. The van der Waals surface area contributed by atoms with E-state index in [1.165, 1.54) is 14.0 Å². The molecular weight excluding hydrogens is 296 g/mol. The zero-order chi connectivity index (χ0) is 13.7. The quantitative estimate of drug-likeness (QED) is 0.908. The Kier molecular flexibility index (Phi) is 5.50. The standard InChI is InChI=1S/C13H17BrN2O2/c1-4-9(5-12(18-3)8(2)17)11-6-10(14)7-16-13(11)15/h5-7,12H,4H2,1-3H3,(H2,15,16)/b9-5+. The molecule has 4 nitrogen and oxygen atoms in total. The molecule has 1 aromatic rings. The van der Waals surface area contributed by atoms with Crippen LogP contribution in [0.2, 0.25) is 0 Å². The molecule has 1 atom stereocenters. The monoisotopic (exact) mass is 312 g/mol. The minimum absolute atomic E-state index is 0.0371. The average Bonchev–Trinajstić information content (AvgIpc) is 2.34. The number of Topliss-reactive ketones (excluding diaryl/α,β-unsaturated/α-hetero) is 1. The first-order chi connectivity index (χ1) is 8.49. The van der Waals surface area contributed by atoms with Gasteiger partial charge in [-0.05, 0) is 47.0 Å². The van der Waals surface area contributed by atoms with E-state index in [0.29, 0.717) is 5.82 Å². The predicted octanol–water partition coefficient (Wildman–Crippen LogP) is 2.82. The van der Waals surface area contributed by atoms with Gasteiger partial charge in [-0.25, -0.2) is 4.98 Å². The van der Waals surface area contributed by atoms with Crippen molar-refractivity contribution in [3.8, 4) is 0 Å². The van der Waals surface area contributed by atoms with Crippen LogP contribution in [-0.4, -0.2) is 24.0 Å². The zero-order valence-electron chi connectivity index (χ0n) is 10.7. The maximum absolute atomic E-state index is 11.4. The van der Waals surface area contributed by atoms with Crippen molar-refractivity contribution in [2.24, 2.45) is 0 Å². The molecule has 0 fully saturated rings. The molecule has 1 rings (SSSR count). The molecule has 0 aliphatic rings. The van der Waals surface area contributed by atoms with Crippen LogP contribution in [-0.2, 0) is 9.53 Å². The van der Waals surface area contributed by atoms with Gasteiger partial charge in [0.05, 0.1) is 0 Å². The van der Waals surface area contributed by atoms with Crippen LogP contribution < -0.4 is 5.73 Å². The van der Waals surface area contributed by atoms with Crippen molar-refractivity contribution in [2.45, 2.75) is 26.4 Å². The van der Waals surface area contributed by atoms with Gasteiger partial charge in [-0.1, -0.05) is 6.92 Å². The van der Waals surface area contributed by atoms with Crippen LogP contribution in [0.15, 0.2) is 22.8 Å². The molecule has 98 valence electrons. The van der Waals surface area contributed by atoms with Crippen molar-refractivity contribution in [3.05, 3.63) is 28.4 Å². The lowest BCUT2D eigenvalue weighted by molar-refractivity contribution is -0.124. The summed E-state index contributed by atoms with van der Waals surface area (Å²) in [5.41, 5.74) is 7.64. The van der Waals surface area contributed by atoms with Crippen molar-refractivity contribution < 1.29 is 9.53 Å². The van der Waals surface area contributed by atoms with Crippen molar-refractivity contribution in [1.82, 2.24) is 4.98 Å². The smallest absolute Gasteiger partial charge is 0.162 e. The Morgan fingerprint density at radius 2 is 2.33 bits per heavy atom.